The van der Waals surface area contributed by atoms with Crippen LogP contribution in [0, 0.1) is 13.8 Å². The number of hydrogen-bond donors (Lipinski definition) is 0. The van der Waals surface area contributed by atoms with Crippen LogP contribution in [-0.2, 0) is 16.4 Å². The summed E-state index contributed by atoms with van der Waals surface area (Å²) in [5, 5.41) is 4.52. The van der Waals surface area contributed by atoms with Crippen molar-refractivity contribution >= 4 is 10.0 Å². The minimum absolute atomic E-state index is 0.337. The Morgan fingerprint density at radius 1 is 0.867 bits per heavy atom. The molecule has 0 radical (unpaired) electrons. The first-order valence-electron chi connectivity index (χ1n) is 10.3. The molecule has 0 aliphatic carbocycles. The van der Waals surface area contributed by atoms with E-state index in [4.69, 9.17) is 0 Å². The van der Waals surface area contributed by atoms with Gasteiger partial charge in [-0.05, 0) is 38.0 Å². The molecule has 158 valence electrons. The number of para-hydroxylation sites is 1. The number of benzene rings is 2. The number of nitrogens with zero attached hydrogens (tertiary/aromatic N) is 4. The number of sulfonamides is 1. The van der Waals surface area contributed by atoms with Crippen molar-refractivity contribution in [2.45, 2.75) is 25.2 Å². The molecule has 0 saturated carbocycles. The van der Waals surface area contributed by atoms with E-state index in [1.165, 1.54) is 5.56 Å². The normalized spacial score (nSPS) is 16.1. The second-order valence-corrected chi connectivity index (χ2v) is 9.60. The Kier molecular flexibility index (Phi) is 6.04. The Labute approximate surface area is 178 Å². The first kappa shape index (κ1) is 20.8. The average molecular weight is 425 g/mol. The molecular formula is C23H28N4O2S. The van der Waals surface area contributed by atoms with Crippen LogP contribution in [0.3, 0.4) is 0 Å². The van der Waals surface area contributed by atoms with Crippen LogP contribution in [0.1, 0.15) is 17.0 Å². The first-order chi connectivity index (χ1) is 14.5. The topological polar surface area (TPSA) is 58.4 Å². The highest BCUT2D eigenvalue weighted by molar-refractivity contribution is 7.89. The molecule has 0 amide bonds. The standard InChI is InChI=1S/C23H28N4O2S/c1-19-23(20(2)27(24-19)22-11-7-4-8-12-22)30(28,29)26-17-15-25(16-18-26)14-13-21-9-5-3-6-10-21/h3-12H,13-18H2,1-2H3. The quantitative estimate of drug-likeness (QED) is 0.610. The highest BCUT2D eigenvalue weighted by Gasteiger charge is 2.33. The number of rotatable bonds is 6. The van der Waals surface area contributed by atoms with E-state index >= 15 is 0 Å². The minimum Gasteiger partial charge on any atom is -0.300 e. The molecular weight excluding hydrogens is 396 g/mol. The maximum Gasteiger partial charge on any atom is 0.246 e. The van der Waals surface area contributed by atoms with Crippen LogP contribution in [0.15, 0.2) is 65.6 Å². The molecule has 1 aromatic heterocycles. The van der Waals surface area contributed by atoms with Gasteiger partial charge in [0.2, 0.25) is 10.0 Å². The predicted molar refractivity (Wildman–Crippen MR) is 118 cm³/mol. The molecule has 0 N–H and O–H groups in total. The second kappa shape index (κ2) is 8.71. The van der Waals surface area contributed by atoms with Gasteiger partial charge in [0.15, 0.2) is 0 Å². The third-order valence-electron chi connectivity index (χ3n) is 5.71. The van der Waals surface area contributed by atoms with Crippen molar-refractivity contribution < 1.29 is 8.42 Å². The highest BCUT2D eigenvalue weighted by Crippen LogP contribution is 2.26. The van der Waals surface area contributed by atoms with Crippen molar-refractivity contribution in [2.75, 3.05) is 32.7 Å². The van der Waals surface area contributed by atoms with E-state index in [0.29, 0.717) is 29.4 Å². The molecule has 3 aromatic rings. The Balaban J connectivity index is 1.46. The summed E-state index contributed by atoms with van der Waals surface area (Å²) >= 11 is 0. The van der Waals surface area contributed by atoms with E-state index in [1.54, 1.807) is 15.9 Å². The van der Waals surface area contributed by atoms with E-state index in [9.17, 15) is 8.42 Å². The monoisotopic (exact) mass is 424 g/mol. The fourth-order valence-electron chi connectivity index (χ4n) is 4.08. The third-order valence-corrected chi connectivity index (χ3v) is 7.87. The number of aromatic nitrogens is 2. The van der Waals surface area contributed by atoms with E-state index in [1.807, 2.05) is 43.3 Å². The Bertz CT molecular complexity index is 1090. The smallest absolute Gasteiger partial charge is 0.246 e. The molecule has 1 aliphatic heterocycles. The molecule has 1 fully saturated rings. The molecule has 0 unspecified atom stereocenters. The van der Waals surface area contributed by atoms with E-state index in [2.05, 4.69) is 34.3 Å². The van der Waals surface area contributed by atoms with Crippen LogP contribution >= 0.6 is 0 Å². The summed E-state index contributed by atoms with van der Waals surface area (Å²) in [6, 6.07) is 20.1. The maximum absolute atomic E-state index is 13.4. The molecule has 2 aromatic carbocycles. The van der Waals surface area contributed by atoms with Gasteiger partial charge < -0.3 is 4.90 Å². The van der Waals surface area contributed by atoms with Crippen LogP contribution in [0.25, 0.3) is 5.69 Å². The zero-order valence-electron chi connectivity index (χ0n) is 17.5. The summed E-state index contributed by atoms with van der Waals surface area (Å²) in [5.41, 5.74) is 3.38. The summed E-state index contributed by atoms with van der Waals surface area (Å²) in [4.78, 5) is 2.68. The molecule has 30 heavy (non-hydrogen) atoms. The van der Waals surface area contributed by atoms with Gasteiger partial charge in [-0.15, -0.1) is 0 Å². The lowest BCUT2D eigenvalue weighted by atomic mass is 10.1. The van der Waals surface area contributed by atoms with Gasteiger partial charge in [0.05, 0.1) is 17.1 Å². The van der Waals surface area contributed by atoms with E-state index < -0.39 is 10.0 Å². The van der Waals surface area contributed by atoms with Gasteiger partial charge in [0.1, 0.15) is 4.90 Å². The van der Waals surface area contributed by atoms with Crippen molar-refractivity contribution in [3.05, 3.63) is 77.6 Å². The molecule has 2 heterocycles. The van der Waals surface area contributed by atoms with Crippen LogP contribution < -0.4 is 0 Å². The van der Waals surface area contributed by atoms with Gasteiger partial charge in [-0.2, -0.15) is 9.40 Å². The Morgan fingerprint density at radius 2 is 1.47 bits per heavy atom. The van der Waals surface area contributed by atoms with Crippen molar-refractivity contribution in [3.63, 3.8) is 0 Å². The predicted octanol–water partition coefficient (Wildman–Crippen LogP) is 3.04. The van der Waals surface area contributed by atoms with Gasteiger partial charge in [-0.1, -0.05) is 48.5 Å². The highest BCUT2D eigenvalue weighted by atomic mass is 32.2. The number of aryl methyl sites for hydroxylation is 1. The fourth-order valence-corrected chi connectivity index (χ4v) is 5.85. The van der Waals surface area contributed by atoms with Gasteiger partial charge in [0.25, 0.3) is 0 Å². The summed E-state index contributed by atoms with van der Waals surface area (Å²) in [7, 11) is -3.58. The van der Waals surface area contributed by atoms with Crippen molar-refractivity contribution in [1.29, 1.82) is 0 Å². The number of hydrogen-bond acceptors (Lipinski definition) is 4. The molecule has 0 spiro atoms. The molecule has 6 nitrogen and oxygen atoms in total. The summed E-state index contributed by atoms with van der Waals surface area (Å²) in [6.07, 6.45) is 0.982. The van der Waals surface area contributed by atoms with Crippen molar-refractivity contribution in [2.24, 2.45) is 0 Å². The second-order valence-electron chi connectivity index (χ2n) is 7.73. The van der Waals surface area contributed by atoms with E-state index in [-0.39, 0.29) is 0 Å². The molecule has 1 saturated heterocycles. The zero-order valence-corrected chi connectivity index (χ0v) is 18.3. The fraction of sp³-hybridized carbons (Fsp3) is 0.348. The van der Waals surface area contributed by atoms with Gasteiger partial charge in [0, 0.05) is 32.7 Å². The van der Waals surface area contributed by atoms with Crippen molar-refractivity contribution in [1.82, 2.24) is 19.0 Å². The van der Waals surface area contributed by atoms with Gasteiger partial charge in [-0.3, -0.25) is 0 Å². The maximum atomic E-state index is 13.4. The Hall–Kier alpha value is -2.48. The minimum atomic E-state index is -3.58. The first-order valence-corrected chi connectivity index (χ1v) is 11.8. The van der Waals surface area contributed by atoms with Gasteiger partial charge >= 0.3 is 0 Å². The average Bonchev–Trinajstić information content (AvgIpc) is 3.08. The van der Waals surface area contributed by atoms with Crippen molar-refractivity contribution in [3.8, 4) is 5.69 Å². The molecule has 7 heteroatoms. The summed E-state index contributed by atoms with van der Waals surface area (Å²) in [6.45, 7) is 7.06. The molecule has 0 atom stereocenters. The molecule has 1 aliphatic rings. The lowest BCUT2D eigenvalue weighted by molar-refractivity contribution is 0.190. The van der Waals surface area contributed by atoms with Gasteiger partial charge in [-0.25, -0.2) is 13.1 Å². The lowest BCUT2D eigenvalue weighted by Gasteiger charge is -2.34. The molecule has 4 rings (SSSR count). The van der Waals surface area contributed by atoms with Crippen LogP contribution in [0.4, 0.5) is 0 Å². The van der Waals surface area contributed by atoms with Crippen LogP contribution in [0.2, 0.25) is 0 Å². The summed E-state index contributed by atoms with van der Waals surface area (Å²) in [5.74, 6) is 0. The largest absolute Gasteiger partial charge is 0.300 e. The van der Waals surface area contributed by atoms with Crippen LogP contribution in [0.5, 0.6) is 0 Å². The van der Waals surface area contributed by atoms with E-state index in [0.717, 1.165) is 31.7 Å². The SMILES string of the molecule is Cc1nn(-c2ccccc2)c(C)c1S(=O)(=O)N1CCN(CCc2ccccc2)CC1. The number of piperazine rings is 1. The zero-order chi connectivity index (χ0) is 21.1. The third kappa shape index (κ3) is 4.19. The lowest BCUT2D eigenvalue weighted by Crippen LogP contribution is -2.49. The summed E-state index contributed by atoms with van der Waals surface area (Å²) < 4.78 is 30.2. The molecule has 0 bridgehead atoms. The Morgan fingerprint density at radius 3 is 2.10 bits per heavy atom. The van der Waals surface area contributed by atoms with Crippen LogP contribution in [-0.4, -0.2) is 60.1 Å².